The van der Waals surface area contributed by atoms with Crippen molar-refractivity contribution < 1.29 is 4.39 Å². The van der Waals surface area contributed by atoms with Crippen LogP contribution in [-0.4, -0.2) is 11.1 Å². The summed E-state index contributed by atoms with van der Waals surface area (Å²) in [7, 11) is 2.06. The zero-order valence-electron chi connectivity index (χ0n) is 8.68. The van der Waals surface area contributed by atoms with Gasteiger partial charge in [0.15, 0.2) is 0 Å². The largest absolute Gasteiger partial charge is 0.347 e. The molecule has 0 aliphatic carbocycles. The number of aromatic nitrogens is 1. The van der Waals surface area contributed by atoms with Gasteiger partial charge in [-0.2, -0.15) is 0 Å². The Kier molecular flexibility index (Phi) is 1.83. The van der Waals surface area contributed by atoms with Crippen LogP contribution in [0.5, 0.6) is 0 Å². The van der Waals surface area contributed by atoms with Gasteiger partial charge in [0.05, 0.1) is 0 Å². The Hall–Kier alpha value is -1.35. The Morgan fingerprint density at radius 3 is 3.13 bits per heavy atom. The highest BCUT2D eigenvalue weighted by atomic mass is 19.1. The zero-order valence-corrected chi connectivity index (χ0v) is 8.68. The highest BCUT2D eigenvalue weighted by molar-refractivity contribution is 5.85. The van der Waals surface area contributed by atoms with Gasteiger partial charge in [-0.1, -0.05) is 0 Å². The topological polar surface area (TPSA) is 17.0 Å². The van der Waals surface area contributed by atoms with Gasteiger partial charge < -0.3 is 9.88 Å². The summed E-state index contributed by atoms with van der Waals surface area (Å²) in [6.45, 7) is 1.87. The molecular formula is C12H13FN2. The summed E-state index contributed by atoms with van der Waals surface area (Å²) in [4.78, 5) is 0. The number of aryl methyl sites for hydroxylation is 1. The first kappa shape index (κ1) is 8.92. The number of fused-ring (bicyclic) bond motifs is 3. The third-order valence-electron chi connectivity index (χ3n) is 3.24. The monoisotopic (exact) mass is 204 g/mol. The maximum Gasteiger partial charge on any atom is 0.123 e. The minimum Gasteiger partial charge on any atom is -0.347 e. The van der Waals surface area contributed by atoms with E-state index in [0.717, 1.165) is 30.4 Å². The number of hydrogen-bond donors (Lipinski definition) is 1. The molecule has 2 aromatic rings. The molecule has 0 saturated heterocycles. The summed E-state index contributed by atoms with van der Waals surface area (Å²) in [5.74, 6) is -0.151. The van der Waals surface area contributed by atoms with Crippen molar-refractivity contribution in [1.82, 2.24) is 9.88 Å². The molecule has 2 heterocycles. The molecule has 1 aromatic heterocycles. The molecule has 0 amide bonds. The summed E-state index contributed by atoms with van der Waals surface area (Å²) in [5, 5.41) is 4.39. The van der Waals surface area contributed by atoms with Crippen LogP contribution in [0.3, 0.4) is 0 Å². The molecule has 0 unspecified atom stereocenters. The van der Waals surface area contributed by atoms with Crippen LogP contribution in [0.15, 0.2) is 18.2 Å². The number of benzene rings is 1. The van der Waals surface area contributed by atoms with Gasteiger partial charge >= 0.3 is 0 Å². The maximum absolute atomic E-state index is 13.2. The number of nitrogens with zero attached hydrogens (tertiary/aromatic N) is 1. The molecule has 1 aliphatic rings. The van der Waals surface area contributed by atoms with E-state index in [4.69, 9.17) is 0 Å². The van der Waals surface area contributed by atoms with E-state index in [1.807, 2.05) is 6.07 Å². The second-order valence-corrected chi connectivity index (χ2v) is 4.07. The predicted molar refractivity (Wildman–Crippen MR) is 58.3 cm³/mol. The lowest BCUT2D eigenvalue weighted by Crippen LogP contribution is -2.24. The Bertz CT molecular complexity index is 528. The lowest BCUT2D eigenvalue weighted by atomic mass is 10.1. The van der Waals surface area contributed by atoms with Gasteiger partial charge in [0, 0.05) is 43.2 Å². The summed E-state index contributed by atoms with van der Waals surface area (Å²) < 4.78 is 15.4. The predicted octanol–water partition coefficient (Wildman–Crippen LogP) is 1.96. The summed E-state index contributed by atoms with van der Waals surface area (Å²) in [6, 6.07) is 5.03. The average Bonchev–Trinajstić information content (AvgIpc) is 2.54. The SMILES string of the molecule is Cn1c2c(c3cc(F)ccc31)CNCC2. The minimum atomic E-state index is -0.151. The Morgan fingerprint density at radius 2 is 2.27 bits per heavy atom. The molecule has 3 heteroatoms. The molecule has 0 bridgehead atoms. The maximum atomic E-state index is 13.2. The number of hydrogen-bond acceptors (Lipinski definition) is 1. The Balaban J connectivity index is 2.39. The second-order valence-electron chi connectivity index (χ2n) is 4.07. The van der Waals surface area contributed by atoms with Crippen LogP contribution >= 0.6 is 0 Å². The average molecular weight is 204 g/mol. The van der Waals surface area contributed by atoms with Crippen molar-refractivity contribution in [2.45, 2.75) is 13.0 Å². The van der Waals surface area contributed by atoms with E-state index in [1.165, 1.54) is 17.3 Å². The fourth-order valence-corrected chi connectivity index (χ4v) is 2.48. The van der Waals surface area contributed by atoms with Crippen molar-refractivity contribution in [1.29, 1.82) is 0 Å². The normalized spacial score (nSPS) is 15.6. The lowest BCUT2D eigenvalue weighted by Gasteiger charge is -2.14. The van der Waals surface area contributed by atoms with Crippen molar-refractivity contribution in [3.8, 4) is 0 Å². The zero-order chi connectivity index (χ0) is 10.4. The number of rotatable bonds is 0. The summed E-state index contributed by atoms with van der Waals surface area (Å²) in [6.07, 6.45) is 1.03. The third-order valence-corrected chi connectivity index (χ3v) is 3.24. The fourth-order valence-electron chi connectivity index (χ4n) is 2.48. The van der Waals surface area contributed by atoms with E-state index in [9.17, 15) is 4.39 Å². The first-order valence-corrected chi connectivity index (χ1v) is 5.24. The first-order chi connectivity index (χ1) is 7.27. The van der Waals surface area contributed by atoms with E-state index in [-0.39, 0.29) is 5.82 Å². The van der Waals surface area contributed by atoms with Crippen molar-refractivity contribution in [2.24, 2.45) is 7.05 Å². The molecular weight excluding hydrogens is 191 g/mol. The molecule has 2 nitrogen and oxygen atoms in total. The third kappa shape index (κ3) is 1.20. The fraction of sp³-hybridized carbons (Fsp3) is 0.333. The van der Waals surface area contributed by atoms with Crippen LogP contribution in [0.2, 0.25) is 0 Å². The highest BCUT2D eigenvalue weighted by Gasteiger charge is 2.17. The molecule has 0 atom stereocenters. The van der Waals surface area contributed by atoms with Crippen molar-refractivity contribution in [3.63, 3.8) is 0 Å². The van der Waals surface area contributed by atoms with E-state index in [1.54, 1.807) is 6.07 Å². The van der Waals surface area contributed by atoms with Crippen LogP contribution in [0.1, 0.15) is 11.3 Å². The van der Waals surface area contributed by atoms with E-state index >= 15 is 0 Å². The van der Waals surface area contributed by atoms with Crippen LogP contribution in [0.25, 0.3) is 10.9 Å². The van der Waals surface area contributed by atoms with E-state index < -0.39 is 0 Å². The van der Waals surface area contributed by atoms with Gasteiger partial charge in [-0.25, -0.2) is 4.39 Å². The van der Waals surface area contributed by atoms with Crippen LogP contribution in [-0.2, 0) is 20.0 Å². The van der Waals surface area contributed by atoms with E-state index in [0.29, 0.717) is 0 Å². The quantitative estimate of drug-likeness (QED) is 0.694. The van der Waals surface area contributed by atoms with Gasteiger partial charge in [-0.15, -0.1) is 0 Å². The van der Waals surface area contributed by atoms with Crippen LogP contribution in [0, 0.1) is 5.82 Å². The second kappa shape index (κ2) is 3.07. The Labute approximate surface area is 87.7 Å². The first-order valence-electron chi connectivity index (χ1n) is 5.24. The molecule has 78 valence electrons. The van der Waals surface area contributed by atoms with Crippen LogP contribution in [0.4, 0.5) is 4.39 Å². The highest BCUT2D eigenvalue weighted by Crippen LogP contribution is 2.27. The number of halogens is 1. The number of nitrogens with one attached hydrogen (secondary N) is 1. The van der Waals surface area contributed by atoms with Gasteiger partial charge in [0.25, 0.3) is 0 Å². The summed E-state index contributed by atoms with van der Waals surface area (Å²) >= 11 is 0. The van der Waals surface area contributed by atoms with Gasteiger partial charge in [0.2, 0.25) is 0 Å². The molecule has 0 spiro atoms. The molecule has 1 aromatic carbocycles. The summed E-state index contributed by atoms with van der Waals surface area (Å²) in [5.41, 5.74) is 3.73. The molecule has 15 heavy (non-hydrogen) atoms. The van der Waals surface area contributed by atoms with Crippen molar-refractivity contribution >= 4 is 10.9 Å². The van der Waals surface area contributed by atoms with Crippen molar-refractivity contribution in [2.75, 3.05) is 6.54 Å². The molecule has 3 rings (SSSR count). The lowest BCUT2D eigenvalue weighted by molar-refractivity contribution is 0.621. The smallest absolute Gasteiger partial charge is 0.123 e. The molecule has 0 saturated carbocycles. The van der Waals surface area contributed by atoms with Gasteiger partial charge in [-0.05, 0) is 23.8 Å². The Morgan fingerprint density at radius 1 is 1.40 bits per heavy atom. The molecule has 0 fully saturated rings. The molecule has 1 aliphatic heterocycles. The minimum absolute atomic E-state index is 0.151. The van der Waals surface area contributed by atoms with E-state index in [2.05, 4.69) is 16.9 Å². The standard InChI is InChI=1S/C12H13FN2/c1-15-11-3-2-8(13)6-9(11)10-7-14-5-4-12(10)15/h2-3,6,14H,4-5,7H2,1H3. The molecule has 1 N–H and O–H groups in total. The van der Waals surface area contributed by atoms with Gasteiger partial charge in [-0.3, -0.25) is 0 Å². The van der Waals surface area contributed by atoms with Crippen LogP contribution < -0.4 is 5.32 Å². The van der Waals surface area contributed by atoms with Gasteiger partial charge in [0.1, 0.15) is 5.82 Å². The molecule has 0 radical (unpaired) electrons. The van der Waals surface area contributed by atoms with Crippen molar-refractivity contribution in [3.05, 3.63) is 35.3 Å².